The number of benzene rings is 1. The van der Waals surface area contributed by atoms with Crippen LogP contribution in [0.15, 0.2) is 24.3 Å². The average Bonchev–Trinajstić information content (AvgIpc) is 3.19. The number of hydrogen-bond donors (Lipinski definition) is 0. The number of hydrogen-bond acceptors (Lipinski definition) is 8. The van der Waals surface area contributed by atoms with E-state index >= 15 is 0 Å². The summed E-state index contributed by atoms with van der Waals surface area (Å²) in [6.07, 6.45) is 0.444. The highest BCUT2D eigenvalue weighted by Gasteiger charge is 2.34. The van der Waals surface area contributed by atoms with Crippen molar-refractivity contribution in [2.45, 2.75) is 19.4 Å². The summed E-state index contributed by atoms with van der Waals surface area (Å²) < 4.78 is 23.6. The zero-order valence-corrected chi connectivity index (χ0v) is 14.8. The van der Waals surface area contributed by atoms with Crippen molar-refractivity contribution in [3.63, 3.8) is 0 Å². The van der Waals surface area contributed by atoms with Gasteiger partial charge in [-0.1, -0.05) is 12.1 Å². The number of nitrogens with zero attached hydrogens (tertiary/aromatic N) is 6. The van der Waals surface area contributed by atoms with Gasteiger partial charge in [0.1, 0.15) is 6.07 Å². The fraction of sp³-hybridized carbons (Fsp3) is 0.400. The molecule has 1 aliphatic rings. The van der Waals surface area contributed by atoms with Gasteiger partial charge in [-0.15, -0.1) is 15.0 Å². The van der Waals surface area contributed by atoms with E-state index in [0.717, 1.165) is 4.80 Å². The lowest BCUT2D eigenvalue weighted by Gasteiger charge is -2.26. The van der Waals surface area contributed by atoms with Gasteiger partial charge in [0, 0.05) is 18.7 Å². The van der Waals surface area contributed by atoms with Crippen molar-refractivity contribution < 1.29 is 13.3 Å². The number of nitro groups is 1. The van der Waals surface area contributed by atoms with Gasteiger partial charge in [-0.05, 0) is 19.4 Å². The molecule has 0 radical (unpaired) electrons. The second kappa shape index (κ2) is 6.72. The van der Waals surface area contributed by atoms with E-state index in [-0.39, 0.29) is 40.4 Å². The van der Waals surface area contributed by atoms with Gasteiger partial charge in [0.15, 0.2) is 21.3 Å². The van der Waals surface area contributed by atoms with Gasteiger partial charge in [-0.25, -0.2) is 8.42 Å². The molecule has 136 valence electrons. The maximum Gasteiger partial charge on any atom is 0.296 e. The molecule has 0 N–H and O–H groups in total. The Balaban J connectivity index is 2.05. The second-order valence-corrected chi connectivity index (χ2v) is 8.09. The third kappa shape index (κ3) is 3.23. The van der Waals surface area contributed by atoms with Crippen LogP contribution in [0.5, 0.6) is 0 Å². The molecule has 0 spiro atoms. The SMILES string of the molecule is CCN(c1nn(-c2ccccc2[N+](=O)[O-])nc1C#N)C1CCS(=O)(=O)C1. The Kier molecular flexibility index (Phi) is 4.60. The molecule has 1 aromatic carbocycles. The molecule has 0 aliphatic carbocycles. The molecule has 1 saturated heterocycles. The van der Waals surface area contributed by atoms with E-state index in [4.69, 9.17) is 0 Å². The van der Waals surface area contributed by atoms with Crippen molar-refractivity contribution in [2.75, 3.05) is 23.0 Å². The van der Waals surface area contributed by atoms with Crippen LogP contribution in [0.25, 0.3) is 5.69 Å². The molecular weight excluding hydrogens is 360 g/mol. The zero-order valence-electron chi connectivity index (χ0n) is 13.9. The molecule has 2 aromatic rings. The molecule has 26 heavy (non-hydrogen) atoms. The molecule has 1 atom stereocenters. The molecule has 11 heteroatoms. The summed E-state index contributed by atoms with van der Waals surface area (Å²) in [6.45, 7) is 2.26. The minimum Gasteiger partial charge on any atom is -0.349 e. The van der Waals surface area contributed by atoms with Crippen molar-refractivity contribution in [3.05, 3.63) is 40.1 Å². The van der Waals surface area contributed by atoms with Gasteiger partial charge in [0.2, 0.25) is 5.69 Å². The summed E-state index contributed by atoms with van der Waals surface area (Å²) in [7, 11) is -3.11. The highest BCUT2D eigenvalue weighted by molar-refractivity contribution is 7.91. The van der Waals surface area contributed by atoms with Crippen LogP contribution in [-0.4, -0.2) is 52.4 Å². The summed E-state index contributed by atoms with van der Waals surface area (Å²) in [5.41, 5.74) is -0.0605. The molecule has 0 saturated carbocycles. The Hall–Kier alpha value is -3.00. The van der Waals surface area contributed by atoms with Gasteiger partial charge < -0.3 is 4.90 Å². The van der Waals surface area contributed by atoms with Crippen LogP contribution in [0.3, 0.4) is 0 Å². The molecule has 2 heterocycles. The largest absolute Gasteiger partial charge is 0.349 e. The van der Waals surface area contributed by atoms with Gasteiger partial charge >= 0.3 is 0 Å². The molecule has 10 nitrogen and oxygen atoms in total. The standard InChI is InChI=1S/C15H16N6O4S/c1-2-19(11-7-8-26(24,25)10-11)15-12(9-16)17-20(18-15)13-5-3-4-6-14(13)21(22)23/h3-6,11H,2,7-8,10H2,1H3. The predicted molar refractivity (Wildman–Crippen MR) is 92.8 cm³/mol. The molecule has 0 amide bonds. The minimum atomic E-state index is -3.11. The number of aromatic nitrogens is 3. The van der Waals surface area contributed by atoms with Gasteiger partial charge in [-0.2, -0.15) is 5.26 Å². The topological polar surface area (TPSA) is 135 Å². The lowest BCUT2D eigenvalue weighted by molar-refractivity contribution is -0.384. The van der Waals surface area contributed by atoms with Crippen LogP contribution >= 0.6 is 0 Å². The van der Waals surface area contributed by atoms with E-state index in [0.29, 0.717) is 13.0 Å². The number of nitro benzene ring substituents is 1. The Labute approximate surface area is 149 Å². The van der Waals surface area contributed by atoms with Crippen LogP contribution in [0.2, 0.25) is 0 Å². The van der Waals surface area contributed by atoms with E-state index in [2.05, 4.69) is 10.2 Å². The highest BCUT2D eigenvalue weighted by atomic mass is 32.2. The smallest absolute Gasteiger partial charge is 0.296 e. The molecule has 1 aliphatic heterocycles. The van der Waals surface area contributed by atoms with Gasteiger partial charge in [0.25, 0.3) is 5.69 Å². The summed E-state index contributed by atoms with van der Waals surface area (Å²) >= 11 is 0. The number of rotatable bonds is 5. The third-order valence-electron chi connectivity index (χ3n) is 4.26. The lowest BCUT2D eigenvalue weighted by Crippen LogP contribution is -2.37. The Bertz CT molecular complexity index is 994. The Morgan fingerprint density at radius 2 is 2.15 bits per heavy atom. The van der Waals surface area contributed by atoms with Gasteiger partial charge in [0.05, 0.1) is 16.4 Å². The number of nitriles is 1. The van der Waals surface area contributed by atoms with E-state index in [1.807, 2.05) is 13.0 Å². The molecule has 1 fully saturated rings. The third-order valence-corrected chi connectivity index (χ3v) is 6.01. The first-order valence-corrected chi connectivity index (χ1v) is 9.76. The molecule has 3 rings (SSSR count). The summed E-state index contributed by atoms with van der Waals surface area (Å²) in [6, 6.07) is 7.59. The van der Waals surface area contributed by atoms with E-state index in [1.165, 1.54) is 18.2 Å². The fourth-order valence-electron chi connectivity index (χ4n) is 3.06. The lowest BCUT2D eigenvalue weighted by atomic mass is 10.2. The first-order chi connectivity index (χ1) is 12.4. The summed E-state index contributed by atoms with van der Waals surface area (Å²) in [5, 5.41) is 29.0. The van der Waals surface area contributed by atoms with Gasteiger partial charge in [-0.3, -0.25) is 10.1 Å². The fourth-order valence-corrected chi connectivity index (χ4v) is 4.79. The van der Waals surface area contributed by atoms with Crippen LogP contribution < -0.4 is 4.90 Å². The van der Waals surface area contributed by atoms with Crippen molar-refractivity contribution >= 4 is 21.3 Å². The van der Waals surface area contributed by atoms with Crippen molar-refractivity contribution in [2.24, 2.45) is 0 Å². The number of para-hydroxylation sites is 2. The quantitative estimate of drug-likeness (QED) is 0.558. The zero-order chi connectivity index (χ0) is 18.9. The number of anilines is 1. The van der Waals surface area contributed by atoms with Crippen LogP contribution in [0, 0.1) is 21.4 Å². The van der Waals surface area contributed by atoms with E-state index in [1.54, 1.807) is 11.0 Å². The Morgan fingerprint density at radius 1 is 1.42 bits per heavy atom. The minimum absolute atomic E-state index is 0.00528. The monoisotopic (exact) mass is 376 g/mol. The van der Waals surface area contributed by atoms with Crippen LogP contribution in [-0.2, 0) is 9.84 Å². The normalized spacial score (nSPS) is 18.4. The molecule has 1 aromatic heterocycles. The average molecular weight is 376 g/mol. The van der Waals surface area contributed by atoms with E-state index in [9.17, 15) is 23.8 Å². The molecule has 0 bridgehead atoms. The maximum absolute atomic E-state index is 11.8. The second-order valence-electron chi connectivity index (χ2n) is 5.86. The predicted octanol–water partition coefficient (Wildman–Crippen LogP) is 1.06. The summed E-state index contributed by atoms with van der Waals surface area (Å²) in [4.78, 5) is 13.4. The van der Waals surface area contributed by atoms with Crippen molar-refractivity contribution in [1.29, 1.82) is 5.26 Å². The molecular formula is C15H16N6O4S. The van der Waals surface area contributed by atoms with E-state index < -0.39 is 14.8 Å². The number of sulfone groups is 1. The highest BCUT2D eigenvalue weighted by Crippen LogP contribution is 2.27. The molecule has 1 unspecified atom stereocenters. The first-order valence-electron chi connectivity index (χ1n) is 7.94. The first kappa shape index (κ1) is 17.8. The van der Waals surface area contributed by atoms with Crippen LogP contribution in [0.1, 0.15) is 19.0 Å². The maximum atomic E-state index is 11.8. The van der Waals surface area contributed by atoms with Crippen molar-refractivity contribution in [1.82, 2.24) is 15.0 Å². The Morgan fingerprint density at radius 3 is 2.73 bits per heavy atom. The van der Waals surface area contributed by atoms with Crippen molar-refractivity contribution in [3.8, 4) is 11.8 Å². The summed E-state index contributed by atoms with van der Waals surface area (Å²) in [5.74, 6) is 0.313. The van der Waals surface area contributed by atoms with Crippen LogP contribution in [0.4, 0.5) is 11.5 Å².